The molecule has 2 aliphatic rings. The third-order valence-electron chi connectivity index (χ3n) is 11.3. The lowest BCUT2D eigenvalue weighted by Gasteiger charge is -2.38. The molecule has 0 bridgehead atoms. The van der Waals surface area contributed by atoms with E-state index in [9.17, 15) is 52.8 Å². The highest BCUT2D eigenvalue weighted by molar-refractivity contribution is 7.94. The SMILES string of the molecule is C#CCN1CCC(C(=O)OCC)(S(=O)(=O)c2ccc(Oc3ccc(OC(F)(F)F)cc3)cc2)CC1.CCOC(=O)C1(S(=O)(=O)c2ccc(Oc3ccc(OC(F)(F)F)cc3)cc2)CCN(CC)CC1.[HH]. The number of likely N-dealkylation sites (tertiary alicyclic amines) is 2. The first-order valence-corrected chi connectivity index (χ1v) is 24.5. The van der Waals surface area contributed by atoms with E-state index in [1.54, 1.807) is 13.8 Å². The van der Waals surface area contributed by atoms with Crippen molar-refractivity contribution in [1.82, 2.24) is 9.80 Å². The van der Waals surface area contributed by atoms with Crippen molar-refractivity contribution in [3.63, 3.8) is 0 Å². The number of sulfone groups is 2. The number of alkyl halides is 6. The summed E-state index contributed by atoms with van der Waals surface area (Å²) in [6.07, 6.45) is -3.90. The maximum Gasteiger partial charge on any atom is 0.573 e. The Morgan fingerprint density at radius 3 is 1.12 bits per heavy atom. The van der Waals surface area contributed by atoms with Crippen LogP contribution in [0.2, 0.25) is 0 Å². The predicted octanol–water partition coefficient (Wildman–Crippen LogP) is 9.00. The van der Waals surface area contributed by atoms with Crippen LogP contribution < -0.4 is 18.9 Å². The van der Waals surface area contributed by atoms with Gasteiger partial charge < -0.3 is 33.3 Å². The molecule has 2 fully saturated rings. The number of benzene rings is 4. The Morgan fingerprint density at radius 2 is 0.841 bits per heavy atom. The number of piperidine rings is 2. The molecule has 0 N–H and O–H groups in total. The van der Waals surface area contributed by atoms with Crippen molar-refractivity contribution in [1.29, 1.82) is 0 Å². The lowest BCUT2D eigenvalue weighted by Crippen LogP contribution is -2.55. The second-order valence-corrected chi connectivity index (χ2v) is 20.1. The van der Waals surface area contributed by atoms with Gasteiger partial charge >= 0.3 is 24.7 Å². The molecule has 0 aliphatic carbocycles. The van der Waals surface area contributed by atoms with Gasteiger partial charge in [0.2, 0.25) is 0 Å². The van der Waals surface area contributed by atoms with Crippen LogP contribution in [-0.4, -0.2) is 113 Å². The summed E-state index contributed by atoms with van der Waals surface area (Å²) in [6, 6.07) is 20.5. The molecular weight excluding hydrogens is 963 g/mol. The first-order chi connectivity index (χ1) is 32.5. The molecule has 6 rings (SSSR count). The highest BCUT2D eigenvalue weighted by Crippen LogP contribution is 2.40. The fourth-order valence-electron chi connectivity index (χ4n) is 7.64. The first-order valence-electron chi connectivity index (χ1n) is 21.5. The highest BCUT2D eigenvalue weighted by Gasteiger charge is 2.55. The van der Waals surface area contributed by atoms with E-state index in [2.05, 4.69) is 20.3 Å². The standard InChI is InChI=1S/C24H24F3NO6S.C23H26F3NO6S.H2/c1-3-15-28-16-13-23(14-17-28,22(29)32-4-2)35(30,31)21-11-9-19(10-12-21)33-18-5-7-20(8-6-18)34-24(25,26)27;1-3-27-15-13-22(14-16-27,21(28)31-4-2)34(29,30)20-11-9-18(10-12-20)32-17-5-7-19(8-6-17)33-23(24,25)26;/h1,5-12H,4,13-17H2,2H3;5-12H,3-4,13-16H2,1-2H3;1H. The van der Waals surface area contributed by atoms with Gasteiger partial charge in [-0.3, -0.25) is 14.5 Å². The van der Waals surface area contributed by atoms with Gasteiger partial charge in [-0.05, 0) is 143 Å². The molecule has 0 saturated carbocycles. The summed E-state index contributed by atoms with van der Waals surface area (Å²) in [7, 11) is -8.20. The summed E-state index contributed by atoms with van der Waals surface area (Å²) >= 11 is 0. The Bertz CT molecular complexity index is 2610. The molecule has 22 heteroatoms. The predicted molar refractivity (Wildman–Crippen MR) is 240 cm³/mol. The second kappa shape index (κ2) is 22.6. The largest absolute Gasteiger partial charge is 0.573 e. The topological polar surface area (TPSA) is 164 Å². The number of halogens is 6. The van der Waals surface area contributed by atoms with Crippen molar-refractivity contribution in [2.75, 3.05) is 52.5 Å². The molecule has 376 valence electrons. The Labute approximate surface area is 397 Å². The van der Waals surface area contributed by atoms with Crippen molar-refractivity contribution in [2.24, 2.45) is 0 Å². The van der Waals surface area contributed by atoms with E-state index in [1.807, 2.05) is 11.8 Å². The average Bonchev–Trinajstić information content (AvgIpc) is 3.30. The fourth-order valence-corrected chi connectivity index (χ4v) is 11.5. The fraction of sp³-hybridized carbons (Fsp3) is 0.404. The lowest BCUT2D eigenvalue weighted by molar-refractivity contribution is -0.275. The van der Waals surface area contributed by atoms with Crippen LogP contribution in [0.1, 0.15) is 47.9 Å². The number of hydrogen-bond acceptors (Lipinski definition) is 14. The Morgan fingerprint density at radius 1 is 0.551 bits per heavy atom. The van der Waals surface area contributed by atoms with E-state index >= 15 is 0 Å². The Balaban J connectivity index is 0.000000300. The van der Waals surface area contributed by atoms with Crippen LogP contribution in [0.5, 0.6) is 34.5 Å². The van der Waals surface area contributed by atoms with E-state index in [4.69, 9.17) is 25.4 Å². The summed E-state index contributed by atoms with van der Waals surface area (Å²) in [5.41, 5.74) is 0. The molecule has 0 amide bonds. The molecule has 4 aromatic rings. The minimum absolute atomic E-state index is 0. The minimum Gasteiger partial charge on any atom is -0.465 e. The van der Waals surface area contributed by atoms with E-state index < -0.39 is 59.6 Å². The van der Waals surface area contributed by atoms with Gasteiger partial charge in [0.1, 0.15) is 34.5 Å². The molecule has 0 aromatic heterocycles. The van der Waals surface area contributed by atoms with Crippen LogP contribution in [0.4, 0.5) is 26.3 Å². The normalized spacial score (nSPS) is 16.4. The number of esters is 2. The van der Waals surface area contributed by atoms with Crippen LogP contribution in [0.3, 0.4) is 0 Å². The third kappa shape index (κ3) is 13.4. The molecule has 14 nitrogen and oxygen atoms in total. The smallest absolute Gasteiger partial charge is 0.465 e. The number of hydrogen-bond donors (Lipinski definition) is 0. The van der Waals surface area contributed by atoms with Gasteiger partial charge in [0.05, 0.1) is 29.5 Å². The first kappa shape index (κ1) is 53.9. The molecule has 0 atom stereocenters. The molecule has 0 radical (unpaired) electrons. The number of rotatable bonds is 16. The van der Waals surface area contributed by atoms with Crippen molar-refractivity contribution in [3.05, 3.63) is 97.1 Å². The van der Waals surface area contributed by atoms with Gasteiger partial charge in [0, 0.05) is 27.6 Å². The van der Waals surface area contributed by atoms with Crippen LogP contribution in [-0.2, 0) is 38.7 Å². The van der Waals surface area contributed by atoms with E-state index in [1.165, 1.54) is 72.8 Å². The zero-order chi connectivity index (χ0) is 50.7. The maximum atomic E-state index is 13.6. The van der Waals surface area contributed by atoms with Crippen molar-refractivity contribution >= 4 is 31.6 Å². The van der Waals surface area contributed by atoms with Crippen LogP contribution >= 0.6 is 0 Å². The zero-order valence-corrected chi connectivity index (χ0v) is 39.3. The van der Waals surface area contributed by atoms with E-state index in [-0.39, 0.29) is 78.9 Å². The summed E-state index contributed by atoms with van der Waals surface area (Å²) in [5.74, 6) is 1.18. The summed E-state index contributed by atoms with van der Waals surface area (Å²) in [6.45, 7) is 8.04. The van der Waals surface area contributed by atoms with Crippen LogP contribution in [0, 0.1) is 12.3 Å². The average molecular weight is 1020 g/mol. The third-order valence-corrected chi connectivity index (χ3v) is 16.3. The molecular formula is C47H52F6N2O12S2. The van der Waals surface area contributed by atoms with Crippen molar-refractivity contribution in [3.8, 4) is 46.8 Å². The molecule has 69 heavy (non-hydrogen) atoms. The second-order valence-electron chi connectivity index (χ2n) is 15.5. The van der Waals surface area contributed by atoms with Crippen LogP contribution in [0.25, 0.3) is 0 Å². The molecule has 0 spiro atoms. The summed E-state index contributed by atoms with van der Waals surface area (Å²) in [4.78, 5) is 29.6. The Kier molecular flexibility index (Phi) is 17.7. The number of carbonyl (C=O) groups is 2. The number of nitrogens with zero attached hydrogens (tertiary/aromatic N) is 2. The lowest BCUT2D eigenvalue weighted by atomic mass is 9.95. The molecule has 2 aliphatic heterocycles. The van der Waals surface area contributed by atoms with E-state index in [0.717, 1.165) is 30.8 Å². The van der Waals surface area contributed by atoms with Gasteiger partial charge in [0.25, 0.3) is 0 Å². The van der Waals surface area contributed by atoms with Crippen molar-refractivity contribution in [2.45, 2.75) is 78.5 Å². The monoisotopic (exact) mass is 1010 g/mol. The molecule has 0 unspecified atom stereocenters. The number of carbonyl (C=O) groups excluding carboxylic acids is 2. The van der Waals surface area contributed by atoms with Gasteiger partial charge in [-0.15, -0.1) is 32.8 Å². The highest BCUT2D eigenvalue weighted by atomic mass is 32.2. The van der Waals surface area contributed by atoms with E-state index in [0.29, 0.717) is 32.7 Å². The quantitative estimate of drug-likeness (QED) is 0.0593. The molecule has 4 aromatic carbocycles. The van der Waals surface area contributed by atoms with Crippen LogP contribution in [0.15, 0.2) is 107 Å². The van der Waals surface area contributed by atoms with Gasteiger partial charge in [-0.2, -0.15) is 0 Å². The zero-order valence-electron chi connectivity index (χ0n) is 37.7. The molecule has 2 saturated heterocycles. The Hall–Kier alpha value is -6.02. The van der Waals surface area contributed by atoms with Crippen molar-refractivity contribution < 1.29 is 82.6 Å². The van der Waals surface area contributed by atoms with Gasteiger partial charge in [-0.1, -0.05) is 12.8 Å². The summed E-state index contributed by atoms with van der Waals surface area (Å²) < 4.78 is 154. The minimum atomic E-state index is -4.80. The molecule has 2 heterocycles. The van der Waals surface area contributed by atoms with Gasteiger partial charge in [-0.25, -0.2) is 16.8 Å². The maximum absolute atomic E-state index is 13.6. The number of terminal acetylenes is 1. The van der Waals surface area contributed by atoms with Gasteiger partial charge in [0.15, 0.2) is 29.2 Å². The number of ether oxygens (including phenoxy) is 6. The summed E-state index contributed by atoms with van der Waals surface area (Å²) in [5, 5.41) is 0.